The van der Waals surface area contributed by atoms with Crippen LogP contribution in [0.2, 0.25) is 0 Å². The third kappa shape index (κ3) is 3.25. The van der Waals surface area contributed by atoms with Gasteiger partial charge in [-0.1, -0.05) is 45.0 Å². The average molecular weight is 241 g/mol. The Hall–Kier alpha value is -0.960. The normalized spacial score (nSPS) is 12.8. The largest absolute Gasteiger partial charge is 0.330 e. The number of alkyl halides is 2. The first-order chi connectivity index (χ1) is 7.83. The van der Waals surface area contributed by atoms with Gasteiger partial charge >= 0.3 is 0 Å². The van der Waals surface area contributed by atoms with Gasteiger partial charge in [0.15, 0.2) is 0 Å². The van der Waals surface area contributed by atoms with Crippen LogP contribution < -0.4 is 5.73 Å². The van der Waals surface area contributed by atoms with Crippen molar-refractivity contribution < 1.29 is 8.78 Å². The summed E-state index contributed by atoms with van der Waals surface area (Å²) in [6, 6.07) is 6.62. The molecule has 1 aromatic carbocycles. The average Bonchev–Trinajstić information content (AvgIpc) is 2.29. The monoisotopic (exact) mass is 241 g/mol. The third-order valence-corrected chi connectivity index (χ3v) is 3.30. The van der Waals surface area contributed by atoms with Gasteiger partial charge in [0.2, 0.25) is 0 Å². The molecule has 0 saturated carbocycles. The predicted octanol–water partition coefficient (Wildman–Crippen LogP) is 3.81. The van der Waals surface area contributed by atoms with Crippen molar-refractivity contribution in [2.24, 2.45) is 5.73 Å². The number of hydrogen-bond donors (Lipinski definition) is 1. The summed E-state index contributed by atoms with van der Waals surface area (Å²) in [5.74, 6) is -2.73. The summed E-state index contributed by atoms with van der Waals surface area (Å²) < 4.78 is 26.9. The van der Waals surface area contributed by atoms with Gasteiger partial charge in [0.25, 0.3) is 5.92 Å². The van der Waals surface area contributed by atoms with Gasteiger partial charge in [-0.3, -0.25) is 0 Å². The fraction of sp³-hybridized carbons (Fsp3) is 0.571. The number of hydrogen-bond acceptors (Lipinski definition) is 1. The van der Waals surface area contributed by atoms with Crippen LogP contribution in [0.4, 0.5) is 8.78 Å². The van der Waals surface area contributed by atoms with E-state index in [0.29, 0.717) is 6.54 Å². The molecule has 0 bridgehead atoms. The topological polar surface area (TPSA) is 26.0 Å². The van der Waals surface area contributed by atoms with Gasteiger partial charge in [0.1, 0.15) is 0 Å². The summed E-state index contributed by atoms with van der Waals surface area (Å²) in [5, 5.41) is 0. The van der Waals surface area contributed by atoms with E-state index in [1.54, 1.807) is 12.1 Å². The second kappa shape index (κ2) is 5.13. The zero-order valence-electron chi connectivity index (χ0n) is 10.8. The summed E-state index contributed by atoms with van der Waals surface area (Å²) in [6.45, 7) is 6.24. The minimum absolute atomic E-state index is 0.0607. The summed E-state index contributed by atoms with van der Waals surface area (Å²) in [5.41, 5.74) is 6.64. The Kier molecular flexibility index (Phi) is 4.26. The zero-order chi connectivity index (χ0) is 13.1. The first kappa shape index (κ1) is 14.1. The number of halogens is 2. The molecule has 0 heterocycles. The lowest BCUT2D eigenvalue weighted by Crippen LogP contribution is -2.22. The van der Waals surface area contributed by atoms with E-state index in [-0.39, 0.29) is 17.4 Å². The Morgan fingerprint density at radius 2 is 1.53 bits per heavy atom. The molecule has 1 rings (SSSR count). The molecule has 0 unspecified atom stereocenters. The molecular formula is C14H21F2N. The fourth-order valence-electron chi connectivity index (χ4n) is 1.87. The van der Waals surface area contributed by atoms with Gasteiger partial charge in [-0.15, -0.1) is 0 Å². The summed E-state index contributed by atoms with van der Waals surface area (Å²) in [4.78, 5) is 0. The maximum absolute atomic E-state index is 13.4. The van der Waals surface area contributed by atoms with Crippen molar-refractivity contribution in [2.75, 3.05) is 6.54 Å². The lowest BCUT2D eigenvalue weighted by molar-refractivity contribution is -0.00831. The van der Waals surface area contributed by atoms with Gasteiger partial charge < -0.3 is 5.73 Å². The Labute approximate surface area is 102 Å². The summed E-state index contributed by atoms with van der Waals surface area (Å²) in [6.07, 6.45) is 0.676. The lowest BCUT2D eigenvalue weighted by Gasteiger charge is -2.25. The van der Waals surface area contributed by atoms with Crippen LogP contribution in [0, 0.1) is 0 Å². The maximum Gasteiger partial charge on any atom is 0.273 e. The van der Waals surface area contributed by atoms with Crippen molar-refractivity contribution >= 4 is 0 Å². The van der Waals surface area contributed by atoms with E-state index < -0.39 is 5.92 Å². The lowest BCUT2D eigenvalue weighted by atomic mass is 9.81. The highest BCUT2D eigenvalue weighted by Crippen LogP contribution is 2.33. The Bertz CT molecular complexity index is 355. The molecule has 1 nitrogen and oxygen atoms in total. The molecule has 0 spiro atoms. The Balaban J connectivity index is 2.96. The molecule has 0 saturated heterocycles. The third-order valence-electron chi connectivity index (χ3n) is 3.30. The zero-order valence-corrected chi connectivity index (χ0v) is 10.8. The molecule has 3 heteroatoms. The van der Waals surface area contributed by atoms with Crippen molar-refractivity contribution in [3.05, 3.63) is 35.4 Å². The van der Waals surface area contributed by atoms with Gasteiger partial charge in [0, 0.05) is 12.0 Å². The van der Waals surface area contributed by atoms with E-state index in [0.717, 1.165) is 12.0 Å². The van der Waals surface area contributed by atoms with E-state index in [1.165, 1.54) is 19.1 Å². The molecule has 0 aliphatic heterocycles. The first-order valence-corrected chi connectivity index (χ1v) is 6.02. The van der Waals surface area contributed by atoms with E-state index in [9.17, 15) is 8.78 Å². The summed E-state index contributed by atoms with van der Waals surface area (Å²) in [7, 11) is 0. The smallest absolute Gasteiger partial charge is 0.273 e. The molecule has 2 N–H and O–H groups in total. The van der Waals surface area contributed by atoms with Crippen LogP contribution >= 0.6 is 0 Å². The Morgan fingerprint density at radius 3 is 1.94 bits per heavy atom. The first-order valence-electron chi connectivity index (χ1n) is 6.02. The van der Waals surface area contributed by atoms with Crippen molar-refractivity contribution in [1.82, 2.24) is 0 Å². The molecule has 1 aromatic rings. The number of nitrogens with two attached hydrogens (primary N) is 1. The molecule has 96 valence electrons. The maximum atomic E-state index is 13.4. The second-order valence-corrected chi connectivity index (χ2v) is 5.06. The second-order valence-electron chi connectivity index (χ2n) is 5.06. The predicted molar refractivity (Wildman–Crippen MR) is 67.3 cm³/mol. The molecule has 0 aliphatic carbocycles. The molecule has 0 aliphatic rings. The minimum Gasteiger partial charge on any atom is -0.330 e. The van der Waals surface area contributed by atoms with Gasteiger partial charge in [-0.25, -0.2) is 8.78 Å². The molecule has 17 heavy (non-hydrogen) atoms. The van der Waals surface area contributed by atoms with E-state index in [4.69, 9.17) is 5.73 Å². The van der Waals surface area contributed by atoms with Gasteiger partial charge in [0.05, 0.1) is 0 Å². The Morgan fingerprint density at radius 1 is 1.06 bits per heavy atom. The van der Waals surface area contributed by atoms with Crippen molar-refractivity contribution in [3.8, 4) is 0 Å². The van der Waals surface area contributed by atoms with Crippen LogP contribution in [0.25, 0.3) is 0 Å². The minimum atomic E-state index is -2.73. The van der Waals surface area contributed by atoms with Crippen LogP contribution in [0.1, 0.15) is 44.7 Å². The van der Waals surface area contributed by atoms with E-state index in [2.05, 4.69) is 13.8 Å². The highest BCUT2D eigenvalue weighted by molar-refractivity contribution is 5.30. The van der Waals surface area contributed by atoms with Crippen LogP contribution in [-0.2, 0) is 11.3 Å². The molecule has 0 atom stereocenters. The van der Waals surface area contributed by atoms with Crippen LogP contribution in [-0.4, -0.2) is 6.54 Å². The molecule has 0 fully saturated rings. The highest BCUT2D eigenvalue weighted by atomic mass is 19.3. The van der Waals surface area contributed by atoms with Crippen LogP contribution in [0.3, 0.4) is 0 Å². The van der Waals surface area contributed by atoms with Crippen LogP contribution in [0.5, 0.6) is 0 Å². The van der Waals surface area contributed by atoms with Crippen molar-refractivity contribution in [1.29, 1.82) is 0 Å². The van der Waals surface area contributed by atoms with Gasteiger partial charge in [-0.05, 0) is 23.9 Å². The molecule has 0 amide bonds. The standard InChI is InChI=1S/C14H21F2N/c1-4-14(15,16)12-7-5-11(6-8-12)13(2,3)9-10-17/h5-8H,4,9-10,17H2,1-3H3. The molecular weight excluding hydrogens is 220 g/mol. The van der Waals surface area contributed by atoms with Crippen LogP contribution in [0.15, 0.2) is 24.3 Å². The molecule has 0 aromatic heterocycles. The van der Waals surface area contributed by atoms with E-state index >= 15 is 0 Å². The van der Waals surface area contributed by atoms with Crippen molar-refractivity contribution in [3.63, 3.8) is 0 Å². The molecule has 0 radical (unpaired) electrons. The fourth-order valence-corrected chi connectivity index (χ4v) is 1.87. The quantitative estimate of drug-likeness (QED) is 0.833. The summed E-state index contributed by atoms with van der Waals surface area (Å²) >= 11 is 0. The van der Waals surface area contributed by atoms with Gasteiger partial charge in [-0.2, -0.15) is 0 Å². The SMILES string of the molecule is CCC(F)(F)c1ccc(C(C)(C)CCN)cc1. The number of benzene rings is 1. The van der Waals surface area contributed by atoms with Crippen molar-refractivity contribution in [2.45, 2.75) is 45.0 Å². The van der Waals surface area contributed by atoms with E-state index in [1.807, 2.05) is 0 Å². The highest BCUT2D eigenvalue weighted by Gasteiger charge is 2.29. The number of rotatable bonds is 5.